The Kier molecular flexibility index (Phi) is 4.59. The predicted molar refractivity (Wildman–Crippen MR) is 96.1 cm³/mol. The van der Waals surface area contributed by atoms with Gasteiger partial charge in [-0.2, -0.15) is 13.2 Å². The van der Waals surface area contributed by atoms with Crippen LogP contribution in [0.4, 0.5) is 13.2 Å². The van der Waals surface area contributed by atoms with Gasteiger partial charge in [-0.25, -0.2) is 0 Å². The Balaban J connectivity index is 2.05. The van der Waals surface area contributed by atoms with Gasteiger partial charge in [0.25, 0.3) is 0 Å². The van der Waals surface area contributed by atoms with Gasteiger partial charge in [0.1, 0.15) is 0 Å². The highest BCUT2D eigenvalue weighted by atomic mass is 19.4. The summed E-state index contributed by atoms with van der Waals surface area (Å²) in [6.45, 7) is 6.36. The zero-order chi connectivity index (χ0) is 18.2. The molecule has 0 unspecified atom stereocenters. The van der Waals surface area contributed by atoms with Crippen LogP contribution in [0.1, 0.15) is 47.6 Å². The fraction of sp³-hybridized carbons (Fsp3) is 0.273. The maximum absolute atomic E-state index is 13.0. The molecule has 0 saturated heterocycles. The number of alkyl halides is 3. The molecule has 0 fully saturated rings. The van der Waals surface area contributed by atoms with Crippen LogP contribution in [-0.2, 0) is 12.6 Å². The Bertz CT molecular complexity index is 860. The number of rotatable bonds is 3. The van der Waals surface area contributed by atoms with Crippen LogP contribution in [0.5, 0.6) is 0 Å². The van der Waals surface area contributed by atoms with Gasteiger partial charge in [0.05, 0.1) is 5.56 Å². The molecule has 2 aliphatic carbocycles. The molecule has 3 heteroatoms. The number of benzene rings is 1. The van der Waals surface area contributed by atoms with Crippen molar-refractivity contribution in [3.05, 3.63) is 82.4 Å². The maximum atomic E-state index is 13.0. The second kappa shape index (κ2) is 6.55. The van der Waals surface area contributed by atoms with Gasteiger partial charge in [-0.1, -0.05) is 62.4 Å². The van der Waals surface area contributed by atoms with Gasteiger partial charge in [-0.3, -0.25) is 0 Å². The van der Waals surface area contributed by atoms with E-state index < -0.39 is 11.7 Å². The molecular weight excluding hydrogens is 321 g/mol. The lowest BCUT2D eigenvalue weighted by atomic mass is 9.98. The molecule has 1 aromatic carbocycles. The molecule has 0 aromatic heterocycles. The maximum Gasteiger partial charge on any atom is 0.416 e. The van der Waals surface area contributed by atoms with E-state index in [9.17, 15) is 13.2 Å². The molecule has 0 heterocycles. The van der Waals surface area contributed by atoms with Gasteiger partial charge in [0.2, 0.25) is 0 Å². The summed E-state index contributed by atoms with van der Waals surface area (Å²) in [4.78, 5) is 0. The van der Waals surface area contributed by atoms with Crippen LogP contribution >= 0.6 is 0 Å². The van der Waals surface area contributed by atoms with Crippen LogP contribution in [0.3, 0.4) is 0 Å². The van der Waals surface area contributed by atoms with E-state index in [1.54, 1.807) is 6.07 Å². The van der Waals surface area contributed by atoms with Crippen molar-refractivity contribution < 1.29 is 13.2 Å². The fourth-order valence-electron chi connectivity index (χ4n) is 3.16. The lowest BCUT2D eigenvalue weighted by Crippen LogP contribution is -2.05. The molecule has 0 radical (unpaired) electrons. The van der Waals surface area contributed by atoms with Crippen molar-refractivity contribution >= 4 is 0 Å². The summed E-state index contributed by atoms with van der Waals surface area (Å²) in [6, 6.07) is 16.1. The van der Waals surface area contributed by atoms with E-state index in [1.165, 1.54) is 28.8 Å². The number of aryl methyl sites for hydroxylation is 1. The summed E-state index contributed by atoms with van der Waals surface area (Å²) in [5.74, 6) is 0.395. The molecule has 0 spiro atoms. The molecule has 2 aliphatic rings. The summed E-state index contributed by atoms with van der Waals surface area (Å²) in [7, 11) is 0. The fourth-order valence-corrected chi connectivity index (χ4v) is 3.16. The van der Waals surface area contributed by atoms with Gasteiger partial charge in [-0.15, -0.1) is 0 Å². The van der Waals surface area contributed by atoms with Crippen molar-refractivity contribution in [3.8, 4) is 11.1 Å². The van der Waals surface area contributed by atoms with Gasteiger partial charge in [0, 0.05) is 0 Å². The summed E-state index contributed by atoms with van der Waals surface area (Å²) < 4.78 is 38.9. The van der Waals surface area contributed by atoms with Crippen LogP contribution in [0, 0.1) is 6.92 Å². The Morgan fingerprint density at radius 1 is 0.880 bits per heavy atom. The van der Waals surface area contributed by atoms with Crippen molar-refractivity contribution in [2.24, 2.45) is 0 Å². The first-order chi connectivity index (χ1) is 11.8. The zero-order valence-electron chi connectivity index (χ0n) is 14.6. The van der Waals surface area contributed by atoms with Gasteiger partial charge >= 0.3 is 6.18 Å². The average Bonchev–Trinajstić information content (AvgIpc) is 2.79. The number of hydrogen-bond donors (Lipinski definition) is 0. The minimum atomic E-state index is -4.31. The third-order valence-corrected chi connectivity index (χ3v) is 4.66. The minimum absolute atomic E-state index is 0.395. The lowest BCUT2D eigenvalue weighted by Gasteiger charge is -2.10. The molecule has 0 N–H and O–H groups in total. The molecule has 0 nitrogen and oxygen atoms in total. The SMILES string of the molecule is Cc1ccc2c(Cc3cccc(C(F)(F)F)c3)ccc(C(C)C)cc1-2. The van der Waals surface area contributed by atoms with Gasteiger partial charge < -0.3 is 0 Å². The average molecular weight is 342 g/mol. The third-order valence-electron chi connectivity index (χ3n) is 4.66. The second-order valence-electron chi connectivity index (χ2n) is 6.88. The van der Waals surface area contributed by atoms with Crippen molar-refractivity contribution in [2.45, 2.75) is 39.3 Å². The van der Waals surface area contributed by atoms with E-state index in [2.05, 4.69) is 51.1 Å². The number of fused-ring (bicyclic) bond motifs is 1. The highest BCUT2D eigenvalue weighted by molar-refractivity contribution is 5.74. The summed E-state index contributed by atoms with van der Waals surface area (Å²) in [5, 5.41) is 0. The quantitative estimate of drug-likeness (QED) is 0.489. The predicted octanol–water partition coefficient (Wildman–Crippen LogP) is 6.83. The monoisotopic (exact) mass is 342 g/mol. The zero-order valence-corrected chi connectivity index (χ0v) is 14.6. The lowest BCUT2D eigenvalue weighted by molar-refractivity contribution is -0.137. The molecule has 1 aromatic rings. The highest BCUT2D eigenvalue weighted by Crippen LogP contribution is 2.34. The summed E-state index contributed by atoms with van der Waals surface area (Å²) >= 11 is 0. The first kappa shape index (κ1) is 17.5. The smallest absolute Gasteiger partial charge is 0.166 e. The molecule has 0 bridgehead atoms. The molecule has 25 heavy (non-hydrogen) atoms. The molecule has 0 aliphatic heterocycles. The molecule has 0 amide bonds. The topological polar surface area (TPSA) is 0 Å². The standard InChI is InChI=1S/C22H21F3/c1-14(2)17-8-9-18(20-10-7-15(3)21(20)13-17)11-16-5-4-6-19(12-16)22(23,24)25/h4-10,12-14H,11H2,1-3H3. The van der Waals surface area contributed by atoms with Crippen LogP contribution in [0.2, 0.25) is 0 Å². The number of halogens is 3. The minimum Gasteiger partial charge on any atom is -0.166 e. The van der Waals surface area contributed by atoms with Gasteiger partial charge in [-0.05, 0) is 58.7 Å². The Hall–Kier alpha value is -2.29. The van der Waals surface area contributed by atoms with E-state index in [4.69, 9.17) is 0 Å². The third kappa shape index (κ3) is 3.71. The first-order valence-electron chi connectivity index (χ1n) is 8.44. The second-order valence-corrected chi connectivity index (χ2v) is 6.88. The Labute approximate surface area is 146 Å². The molecule has 0 saturated carbocycles. The molecule has 3 rings (SSSR count). The summed E-state index contributed by atoms with van der Waals surface area (Å²) in [5.41, 5.74) is 5.84. The van der Waals surface area contributed by atoms with Crippen LogP contribution < -0.4 is 0 Å². The van der Waals surface area contributed by atoms with Crippen LogP contribution in [0.15, 0.2) is 54.6 Å². The van der Waals surface area contributed by atoms with E-state index in [-0.39, 0.29) is 0 Å². The largest absolute Gasteiger partial charge is 0.416 e. The highest BCUT2D eigenvalue weighted by Gasteiger charge is 2.30. The summed E-state index contributed by atoms with van der Waals surface area (Å²) in [6.07, 6.45) is -3.83. The molecule has 130 valence electrons. The van der Waals surface area contributed by atoms with E-state index in [0.717, 1.165) is 17.2 Å². The van der Waals surface area contributed by atoms with E-state index in [1.807, 2.05) is 0 Å². The van der Waals surface area contributed by atoms with Crippen LogP contribution in [0.25, 0.3) is 11.1 Å². The van der Waals surface area contributed by atoms with Gasteiger partial charge in [0.15, 0.2) is 0 Å². The van der Waals surface area contributed by atoms with Crippen LogP contribution in [-0.4, -0.2) is 0 Å². The van der Waals surface area contributed by atoms with E-state index in [0.29, 0.717) is 17.9 Å². The molecular formula is C22H21F3. The van der Waals surface area contributed by atoms with E-state index >= 15 is 0 Å². The molecule has 0 atom stereocenters. The normalized spacial score (nSPS) is 12.1. The Morgan fingerprint density at radius 2 is 1.64 bits per heavy atom. The van der Waals surface area contributed by atoms with Crippen molar-refractivity contribution in [2.75, 3.05) is 0 Å². The first-order valence-corrected chi connectivity index (χ1v) is 8.44. The number of hydrogen-bond acceptors (Lipinski definition) is 0. The van der Waals surface area contributed by atoms with Crippen molar-refractivity contribution in [1.29, 1.82) is 0 Å². The Morgan fingerprint density at radius 3 is 2.32 bits per heavy atom. The van der Waals surface area contributed by atoms with Crippen molar-refractivity contribution in [1.82, 2.24) is 0 Å². The van der Waals surface area contributed by atoms with Crippen molar-refractivity contribution in [3.63, 3.8) is 0 Å².